The van der Waals surface area contributed by atoms with Crippen LogP contribution in [0.15, 0.2) is 22.8 Å². The fraction of sp³-hybridized carbons (Fsp3) is 0.286. The Kier molecular flexibility index (Phi) is 4.28. The Morgan fingerprint density at radius 3 is 2.50 bits per heavy atom. The third-order valence-corrected chi connectivity index (χ3v) is 4.41. The summed E-state index contributed by atoms with van der Waals surface area (Å²) in [5.74, 6) is 0. The van der Waals surface area contributed by atoms with Crippen molar-refractivity contribution in [2.45, 2.75) is 26.3 Å². The monoisotopic (exact) mass is 374 g/mol. The molecular weight excluding hydrogens is 363 g/mol. The average molecular weight is 376 g/mol. The van der Waals surface area contributed by atoms with Gasteiger partial charge in [0.2, 0.25) is 0 Å². The highest BCUT2D eigenvalue weighted by Crippen LogP contribution is 2.37. The molecule has 0 saturated heterocycles. The van der Waals surface area contributed by atoms with Crippen molar-refractivity contribution in [2.75, 3.05) is 0 Å². The van der Waals surface area contributed by atoms with Gasteiger partial charge in [0.15, 0.2) is 6.29 Å². The molecule has 0 unspecified atom stereocenters. The first-order valence-corrected chi connectivity index (χ1v) is 7.51. The number of benzene rings is 1. The fourth-order valence-corrected chi connectivity index (χ4v) is 3.13. The van der Waals surface area contributed by atoms with Crippen molar-refractivity contribution in [1.82, 2.24) is 9.78 Å². The summed E-state index contributed by atoms with van der Waals surface area (Å²) in [5.41, 5.74) is 1.36. The molecule has 2 rings (SSSR count). The lowest BCUT2D eigenvalue weighted by molar-refractivity contribution is 0.112. The van der Waals surface area contributed by atoms with Crippen molar-refractivity contribution in [3.05, 3.63) is 38.4 Å². The van der Waals surface area contributed by atoms with Crippen LogP contribution in [0, 0.1) is 0 Å². The quantitative estimate of drug-likeness (QED) is 0.677. The van der Waals surface area contributed by atoms with E-state index in [4.69, 9.17) is 23.2 Å². The highest BCUT2D eigenvalue weighted by atomic mass is 79.9. The molecule has 0 fully saturated rings. The molecule has 20 heavy (non-hydrogen) atoms. The third-order valence-electron chi connectivity index (χ3n) is 2.82. The van der Waals surface area contributed by atoms with Crippen molar-refractivity contribution in [1.29, 1.82) is 0 Å². The lowest BCUT2D eigenvalue weighted by Gasteiger charge is -2.20. The number of carbonyl (C=O) groups is 1. The van der Waals surface area contributed by atoms with Crippen molar-refractivity contribution >= 4 is 45.4 Å². The smallest absolute Gasteiger partial charge is 0.155 e. The van der Waals surface area contributed by atoms with Gasteiger partial charge in [-0.2, -0.15) is 5.10 Å². The number of halogens is 3. The first-order chi connectivity index (χ1) is 9.27. The molecule has 0 aliphatic carbocycles. The van der Waals surface area contributed by atoms with E-state index in [-0.39, 0.29) is 5.54 Å². The summed E-state index contributed by atoms with van der Waals surface area (Å²) in [6.07, 6.45) is 0.770. The predicted octanol–water partition coefficient (Wildman–Crippen LogP) is 5.19. The number of nitrogens with zero attached hydrogens (tertiary/aromatic N) is 2. The minimum atomic E-state index is -0.264. The number of rotatable bonds is 2. The van der Waals surface area contributed by atoms with Gasteiger partial charge in [-0.1, -0.05) is 35.3 Å². The fourth-order valence-electron chi connectivity index (χ4n) is 1.84. The SMILES string of the molecule is CC(C)(C)n1nc(-c2cccc(Cl)c2Cl)c(C=O)c1Br. The van der Waals surface area contributed by atoms with E-state index in [0.29, 0.717) is 31.5 Å². The van der Waals surface area contributed by atoms with E-state index < -0.39 is 0 Å². The normalized spacial score (nSPS) is 11.7. The molecule has 2 aromatic rings. The lowest BCUT2D eigenvalue weighted by atomic mass is 10.1. The summed E-state index contributed by atoms with van der Waals surface area (Å²) in [7, 11) is 0. The van der Waals surface area contributed by atoms with Crippen molar-refractivity contribution in [2.24, 2.45) is 0 Å². The topological polar surface area (TPSA) is 34.9 Å². The molecule has 1 heterocycles. The van der Waals surface area contributed by atoms with Gasteiger partial charge in [0.05, 0.1) is 21.1 Å². The van der Waals surface area contributed by atoms with E-state index >= 15 is 0 Å². The second kappa shape index (κ2) is 5.51. The van der Waals surface area contributed by atoms with Crippen LogP contribution in [-0.2, 0) is 5.54 Å². The van der Waals surface area contributed by atoms with E-state index in [1.54, 1.807) is 22.9 Å². The maximum Gasteiger partial charge on any atom is 0.155 e. The Balaban J connectivity index is 2.75. The maximum absolute atomic E-state index is 11.4. The summed E-state index contributed by atoms with van der Waals surface area (Å²) in [5, 5.41) is 5.34. The van der Waals surface area contributed by atoms with Gasteiger partial charge in [-0.15, -0.1) is 0 Å². The number of aromatic nitrogens is 2. The Labute approximate surface area is 136 Å². The highest BCUT2D eigenvalue weighted by molar-refractivity contribution is 9.10. The van der Waals surface area contributed by atoms with Crippen LogP contribution in [0.5, 0.6) is 0 Å². The van der Waals surface area contributed by atoms with Crippen LogP contribution in [0.25, 0.3) is 11.3 Å². The van der Waals surface area contributed by atoms with Crippen LogP contribution in [0.2, 0.25) is 10.0 Å². The Bertz CT molecular complexity index is 675. The minimum absolute atomic E-state index is 0.264. The van der Waals surface area contributed by atoms with Gasteiger partial charge in [0, 0.05) is 5.56 Å². The molecule has 0 aliphatic heterocycles. The molecule has 0 bridgehead atoms. The molecule has 106 valence electrons. The minimum Gasteiger partial charge on any atom is -0.298 e. The molecule has 0 radical (unpaired) electrons. The molecule has 0 atom stereocenters. The Morgan fingerprint density at radius 2 is 1.95 bits per heavy atom. The molecule has 1 aromatic carbocycles. The van der Waals surface area contributed by atoms with Gasteiger partial charge >= 0.3 is 0 Å². The molecule has 0 N–H and O–H groups in total. The van der Waals surface area contributed by atoms with Crippen LogP contribution < -0.4 is 0 Å². The molecule has 0 saturated carbocycles. The van der Waals surface area contributed by atoms with E-state index in [9.17, 15) is 4.79 Å². The van der Waals surface area contributed by atoms with Gasteiger partial charge in [-0.3, -0.25) is 9.48 Å². The molecule has 1 aromatic heterocycles. The average Bonchev–Trinajstić information content (AvgIpc) is 2.69. The number of hydrogen-bond donors (Lipinski definition) is 0. The standard InChI is InChI=1S/C14H13BrCl2N2O/c1-14(2,3)19-13(15)9(7-20)12(18-19)8-5-4-6-10(16)11(8)17/h4-7H,1-3H3. The molecule has 0 aliphatic rings. The van der Waals surface area contributed by atoms with Crippen molar-refractivity contribution in [3.63, 3.8) is 0 Å². The van der Waals surface area contributed by atoms with Crippen molar-refractivity contribution in [3.8, 4) is 11.3 Å². The zero-order valence-corrected chi connectivity index (χ0v) is 14.3. The second-order valence-electron chi connectivity index (χ2n) is 5.35. The predicted molar refractivity (Wildman–Crippen MR) is 85.8 cm³/mol. The van der Waals surface area contributed by atoms with E-state index in [1.165, 1.54) is 0 Å². The summed E-state index contributed by atoms with van der Waals surface area (Å²) in [4.78, 5) is 11.4. The van der Waals surface area contributed by atoms with E-state index in [1.807, 2.05) is 20.8 Å². The van der Waals surface area contributed by atoms with Crippen LogP contribution in [0.1, 0.15) is 31.1 Å². The van der Waals surface area contributed by atoms with Gasteiger partial charge in [-0.05, 0) is 42.8 Å². The zero-order valence-electron chi connectivity index (χ0n) is 11.2. The summed E-state index contributed by atoms with van der Waals surface area (Å²) in [6, 6.07) is 5.27. The molecule has 3 nitrogen and oxygen atoms in total. The zero-order chi connectivity index (χ0) is 15.1. The Morgan fingerprint density at radius 1 is 1.30 bits per heavy atom. The van der Waals surface area contributed by atoms with E-state index in [0.717, 1.165) is 6.29 Å². The summed E-state index contributed by atoms with van der Waals surface area (Å²) >= 11 is 15.7. The van der Waals surface area contributed by atoms with Crippen molar-refractivity contribution < 1.29 is 4.79 Å². The lowest BCUT2D eigenvalue weighted by Crippen LogP contribution is -2.23. The van der Waals surface area contributed by atoms with Crippen LogP contribution >= 0.6 is 39.1 Å². The van der Waals surface area contributed by atoms with Crippen LogP contribution in [0.3, 0.4) is 0 Å². The van der Waals surface area contributed by atoms with Gasteiger partial charge in [0.25, 0.3) is 0 Å². The number of hydrogen-bond acceptors (Lipinski definition) is 2. The summed E-state index contributed by atoms with van der Waals surface area (Å²) in [6.45, 7) is 6.01. The van der Waals surface area contributed by atoms with Crippen LogP contribution in [0.4, 0.5) is 0 Å². The highest BCUT2D eigenvalue weighted by Gasteiger charge is 2.25. The first-order valence-electron chi connectivity index (χ1n) is 5.96. The second-order valence-corrected chi connectivity index (χ2v) is 6.89. The van der Waals surface area contributed by atoms with Gasteiger partial charge in [0.1, 0.15) is 10.3 Å². The van der Waals surface area contributed by atoms with Gasteiger partial charge in [-0.25, -0.2) is 0 Å². The molecule has 6 heteroatoms. The number of carbonyl (C=O) groups excluding carboxylic acids is 1. The third kappa shape index (κ3) is 2.65. The molecular formula is C14H13BrCl2N2O. The number of aldehydes is 1. The first kappa shape index (κ1) is 15.5. The maximum atomic E-state index is 11.4. The van der Waals surface area contributed by atoms with Crippen LogP contribution in [-0.4, -0.2) is 16.1 Å². The molecule has 0 spiro atoms. The molecule has 0 amide bonds. The largest absolute Gasteiger partial charge is 0.298 e. The van der Waals surface area contributed by atoms with E-state index in [2.05, 4.69) is 21.0 Å². The van der Waals surface area contributed by atoms with Gasteiger partial charge < -0.3 is 0 Å². The summed E-state index contributed by atoms with van der Waals surface area (Å²) < 4.78 is 2.38. The Hall–Kier alpha value is -0.840.